The third kappa shape index (κ3) is 3.85. The quantitative estimate of drug-likeness (QED) is 0.776. The molecule has 0 spiro atoms. The van der Waals surface area contributed by atoms with Crippen LogP contribution in [-0.2, 0) is 6.18 Å². The molecule has 17 heavy (non-hydrogen) atoms. The standard InChI is InChI=1S/C10H13F3N4/c11-10(12,13)8-3-4-9(17-16-8)15-6-5-14-7-1-2-7/h3-4,7,14H,1-2,5-6H2,(H,15,17). The molecule has 7 heteroatoms. The minimum absolute atomic E-state index is 0.357. The third-order valence-electron chi connectivity index (χ3n) is 2.40. The van der Waals surface area contributed by atoms with Gasteiger partial charge in [-0.2, -0.15) is 13.2 Å². The molecule has 1 aromatic heterocycles. The lowest BCUT2D eigenvalue weighted by Gasteiger charge is -2.07. The Kier molecular flexibility index (Phi) is 3.46. The monoisotopic (exact) mass is 246 g/mol. The smallest absolute Gasteiger partial charge is 0.367 e. The fourth-order valence-electron chi connectivity index (χ4n) is 1.33. The molecule has 0 atom stereocenters. The lowest BCUT2D eigenvalue weighted by molar-refractivity contribution is -0.141. The molecular weight excluding hydrogens is 233 g/mol. The summed E-state index contributed by atoms with van der Waals surface area (Å²) in [4.78, 5) is 0. The molecule has 1 aromatic rings. The van der Waals surface area contributed by atoms with E-state index in [2.05, 4.69) is 20.8 Å². The van der Waals surface area contributed by atoms with Crippen LogP contribution in [0.1, 0.15) is 18.5 Å². The predicted molar refractivity (Wildman–Crippen MR) is 56.5 cm³/mol. The second-order valence-corrected chi connectivity index (χ2v) is 3.96. The number of alkyl halides is 3. The molecule has 2 rings (SSSR count). The highest BCUT2D eigenvalue weighted by Gasteiger charge is 2.32. The minimum atomic E-state index is -4.43. The van der Waals surface area contributed by atoms with Crippen molar-refractivity contribution in [2.45, 2.75) is 25.1 Å². The highest BCUT2D eigenvalue weighted by Crippen LogP contribution is 2.26. The van der Waals surface area contributed by atoms with Crippen LogP contribution in [0, 0.1) is 0 Å². The van der Waals surface area contributed by atoms with Gasteiger partial charge >= 0.3 is 6.18 Å². The first-order chi connectivity index (χ1) is 8.05. The summed E-state index contributed by atoms with van der Waals surface area (Å²) in [7, 11) is 0. The van der Waals surface area contributed by atoms with Crippen molar-refractivity contribution in [3.05, 3.63) is 17.8 Å². The molecule has 0 unspecified atom stereocenters. The Morgan fingerprint density at radius 2 is 1.94 bits per heavy atom. The van der Waals surface area contributed by atoms with Crippen molar-refractivity contribution in [1.29, 1.82) is 0 Å². The molecule has 1 aliphatic carbocycles. The highest BCUT2D eigenvalue weighted by atomic mass is 19.4. The fraction of sp³-hybridized carbons (Fsp3) is 0.600. The normalized spacial score (nSPS) is 15.9. The van der Waals surface area contributed by atoms with Crippen LogP contribution < -0.4 is 10.6 Å². The summed E-state index contributed by atoms with van der Waals surface area (Å²) in [6.45, 7) is 1.39. The van der Waals surface area contributed by atoms with Gasteiger partial charge in [-0.1, -0.05) is 0 Å². The average Bonchev–Trinajstić information content (AvgIpc) is 3.08. The van der Waals surface area contributed by atoms with E-state index in [9.17, 15) is 13.2 Å². The lowest BCUT2D eigenvalue weighted by atomic mass is 10.4. The molecule has 0 bridgehead atoms. The van der Waals surface area contributed by atoms with Gasteiger partial charge < -0.3 is 10.6 Å². The maximum Gasteiger partial charge on any atom is 0.435 e. The Labute approximate surface area is 96.6 Å². The van der Waals surface area contributed by atoms with E-state index in [1.54, 1.807) is 0 Å². The van der Waals surface area contributed by atoms with Gasteiger partial charge in [-0.25, -0.2) is 0 Å². The van der Waals surface area contributed by atoms with Crippen LogP contribution in [0.2, 0.25) is 0 Å². The predicted octanol–water partition coefficient (Wildman–Crippen LogP) is 1.66. The van der Waals surface area contributed by atoms with Gasteiger partial charge in [0.15, 0.2) is 5.69 Å². The molecule has 1 heterocycles. The van der Waals surface area contributed by atoms with Gasteiger partial charge in [0, 0.05) is 19.1 Å². The topological polar surface area (TPSA) is 49.8 Å². The molecule has 1 saturated carbocycles. The first kappa shape index (κ1) is 12.1. The van der Waals surface area contributed by atoms with Gasteiger partial charge in [0.1, 0.15) is 5.82 Å². The van der Waals surface area contributed by atoms with E-state index in [0.29, 0.717) is 18.4 Å². The van der Waals surface area contributed by atoms with E-state index in [4.69, 9.17) is 0 Å². The van der Waals surface area contributed by atoms with Crippen LogP contribution in [0.15, 0.2) is 12.1 Å². The van der Waals surface area contributed by atoms with Crippen LogP contribution in [0.4, 0.5) is 19.0 Å². The zero-order valence-electron chi connectivity index (χ0n) is 9.09. The number of aromatic nitrogens is 2. The van der Waals surface area contributed by atoms with E-state index in [1.165, 1.54) is 18.9 Å². The largest absolute Gasteiger partial charge is 0.435 e. The number of hydrogen-bond acceptors (Lipinski definition) is 4. The number of nitrogens with one attached hydrogen (secondary N) is 2. The number of nitrogens with zero attached hydrogens (tertiary/aromatic N) is 2. The molecule has 4 nitrogen and oxygen atoms in total. The molecular formula is C10H13F3N4. The average molecular weight is 246 g/mol. The maximum absolute atomic E-state index is 12.2. The third-order valence-corrected chi connectivity index (χ3v) is 2.40. The van der Waals surface area contributed by atoms with Crippen LogP contribution in [0.25, 0.3) is 0 Å². The SMILES string of the molecule is FC(F)(F)c1ccc(NCCNC2CC2)nn1. The zero-order valence-corrected chi connectivity index (χ0v) is 9.09. The first-order valence-electron chi connectivity index (χ1n) is 5.44. The van der Waals surface area contributed by atoms with E-state index in [0.717, 1.165) is 12.6 Å². The molecule has 1 fully saturated rings. The van der Waals surface area contributed by atoms with Crippen molar-refractivity contribution < 1.29 is 13.2 Å². The molecule has 1 aliphatic rings. The summed E-state index contributed by atoms with van der Waals surface area (Å²) in [6.07, 6.45) is -2.01. The van der Waals surface area contributed by atoms with E-state index in [1.807, 2.05) is 0 Å². The number of rotatable bonds is 5. The van der Waals surface area contributed by atoms with Crippen molar-refractivity contribution in [2.75, 3.05) is 18.4 Å². The Morgan fingerprint density at radius 3 is 2.47 bits per heavy atom. The summed E-state index contributed by atoms with van der Waals surface area (Å²) >= 11 is 0. The van der Waals surface area contributed by atoms with E-state index >= 15 is 0 Å². The van der Waals surface area contributed by atoms with Crippen LogP contribution in [0.3, 0.4) is 0 Å². The second kappa shape index (κ2) is 4.87. The van der Waals surface area contributed by atoms with Gasteiger partial charge in [0.2, 0.25) is 0 Å². The van der Waals surface area contributed by atoms with E-state index < -0.39 is 11.9 Å². The molecule has 0 aliphatic heterocycles. The zero-order chi connectivity index (χ0) is 12.3. The summed E-state index contributed by atoms with van der Waals surface area (Å²) in [5.74, 6) is 0.357. The Balaban J connectivity index is 1.76. The van der Waals surface area contributed by atoms with Crippen molar-refractivity contribution in [3.8, 4) is 0 Å². The van der Waals surface area contributed by atoms with Crippen molar-refractivity contribution in [1.82, 2.24) is 15.5 Å². The summed E-state index contributed by atoms with van der Waals surface area (Å²) in [6, 6.07) is 2.83. The maximum atomic E-state index is 12.2. The molecule has 0 saturated heterocycles. The Bertz CT molecular complexity index is 359. The summed E-state index contributed by atoms with van der Waals surface area (Å²) in [5.41, 5.74) is -0.973. The van der Waals surface area contributed by atoms with Crippen molar-refractivity contribution in [2.24, 2.45) is 0 Å². The minimum Gasteiger partial charge on any atom is -0.367 e. The van der Waals surface area contributed by atoms with Crippen LogP contribution >= 0.6 is 0 Å². The van der Waals surface area contributed by atoms with Gasteiger partial charge in [0.25, 0.3) is 0 Å². The van der Waals surface area contributed by atoms with E-state index in [-0.39, 0.29) is 0 Å². The highest BCUT2D eigenvalue weighted by molar-refractivity contribution is 5.33. The fourth-order valence-corrected chi connectivity index (χ4v) is 1.33. The molecule has 0 radical (unpaired) electrons. The van der Waals surface area contributed by atoms with Crippen LogP contribution in [-0.4, -0.2) is 29.3 Å². The number of halogens is 3. The van der Waals surface area contributed by atoms with Gasteiger partial charge in [-0.05, 0) is 25.0 Å². The van der Waals surface area contributed by atoms with Gasteiger partial charge in [-0.3, -0.25) is 0 Å². The summed E-state index contributed by atoms with van der Waals surface area (Å²) in [5, 5.41) is 12.8. The summed E-state index contributed by atoms with van der Waals surface area (Å²) < 4.78 is 36.6. The van der Waals surface area contributed by atoms with Crippen molar-refractivity contribution in [3.63, 3.8) is 0 Å². The second-order valence-electron chi connectivity index (χ2n) is 3.96. The Morgan fingerprint density at radius 1 is 1.18 bits per heavy atom. The Hall–Kier alpha value is -1.37. The molecule has 94 valence electrons. The molecule has 0 aromatic carbocycles. The van der Waals surface area contributed by atoms with Crippen LogP contribution in [0.5, 0.6) is 0 Å². The lowest BCUT2D eigenvalue weighted by Crippen LogP contribution is -2.24. The van der Waals surface area contributed by atoms with Gasteiger partial charge in [0.05, 0.1) is 0 Å². The molecule has 2 N–H and O–H groups in total. The number of hydrogen-bond donors (Lipinski definition) is 2. The van der Waals surface area contributed by atoms with Gasteiger partial charge in [-0.15, -0.1) is 10.2 Å². The first-order valence-corrected chi connectivity index (χ1v) is 5.44. The van der Waals surface area contributed by atoms with Crippen molar-refractivity contribution >= 4 is 5.82 Å². The number of anilines is 1. The molecule has 0 amide bonds.